The molecule has 0 aromatic carbocycles. The van der Waals surface area contributed by atoms with Crippen LogP contribution in [0.1, 0.15) is 52.9 Å². The molecule has 0 saturated heterocycles. The molecule has 1 saturated carbocycles. The monoisotopic (exact) mass is 226 g/mol. The van der Waals surface area contributed by atoms with Crippen LogP contribution in [0.5, 0.6) is 0 Å². The molecule has 1 aliphatic rings. The van der Waals surface area contributed by atoms with Crippen LogP contribution >= 0.6 is 0 Å². The van der Waals surface area contributed by atoms with Gasteiger partial charge in [-0.2, -0.15) is 0 Å². The molecule has 2 nitrogen and oxygen atoms in total. The van der Waals surface area contributed by atoms with Crippen molar-refractivity contribution < 1.29 is 0 Å². The third kappa shape index (κ3) is 5.86. The molecular weight excluding hydrogens is 196 g/mol. The fourth-order valence-corrected chi connectivity index (χ4v) is 2.24. The predicted molar refractivity (Wildman–Crippen MR) is 71.8 cm³/mol. The van der Waals surface area contributed by atoms with E-state index in [2.05, 4.69) is 31.0 Å². The van der Waals surface area contributed by atoms with Gasteiger partial charge in [-0.05, 0) is 51.1 Å². The molecule has 0 heterocycles. The molecule has 1 rings (SSSR count). The van der Waals surface area contributed by atoms with Crippen LogP contribution in [0.4, 0.5) is 0 Å². The van der Waals surface area contributed by atoms with Gasteiger partial charge in [0.1, 0.15) is 0 Å². The molecule has 16 heavy (non-hydrogen) atoms. The second-order valence-electron chi connectivity index (χ2n) is 5.26. The highest BCUT2D eigenvalue weighted by Gasteiger charge is 2.24. The Labute approximate surface area is 102 Å². The van der Waals surface area contributed by atoms with Crippen molar-refractivity contribution in [3.8, 4) is 0 Å². The quantitative estimate of drug-likeness (QED) is 0.616. The summed E-state index contributed by atoms with van der Waals surface area (Å²) in [5.41, 5.74) is 0. The van der Waals surface area contributed by atoms with E-state index in [9.17, 15) is 0 Å². The van der Waals surface area contributed by atoms with Gasteiger partial charge in [0.2, 0.25) is 0 Å². The van der Waals surface area contributed by atoms with Crippen molar-refractivity contribution in [2.24, 2.45) is 5.92 Å². The zero-order valence-electron chi connectivity index (χ0n) is 11.5. The van der Waals surface area contributed by atoms with Crippen LogP contribution in [-0.4, -0.2) is 37.1 Å². The fourth-order valence-electron chi connectivity index (χ4n) is 2.24. The SMILES string of the molecule is CCCNC(CC)CN(CCC)CC1CC1. The highest BCUT2D eigenvalue weighted by atomic mass is 15.2. The summed E-state index contributed by atoms with van der Waals surface area (Å²) in [6.45, 7) is 11.9. The molecule has 0 amide bonds. The van der Waals surface area contributed by atoms with Crippen LogP contribution in [-0.2, 0) is 0 Å². The van der Waals surface area contributed by atoms with Crippen molar-refractivity contribution >= 4 is 0 Å². The Bertz CT molecular complexity index is 166. The molecule has 1 atom stereocenters. The Morgan fingerprint density at radius 1 is 1.19 bits per heavy atom. The number of hydrogen-bond donors (Lipinski definition) is 1. The van der Waals surface area contributed by atoms with Crippen molar-refractivity contribution in [2.45, 2.75) is 58.9 Å². The molecule has 0 aliphatic heterocycles. The maximum atomic E-state index is 3.66. The van der Waals surface area contributed by atoms with E-state index in [0.717, 1.165) is 5.92 Å². The highest BCUT2D eigenvalue weighted by Crippen LogP contribution is 2.29. The molecular formula is C14H30N2. The zero-order chi connectivity index (χ0) is 11.8. The molecule has 1 N–H and O–H groups in total. The lowest BCUT2D eigenvalue weighted by Crippen LogP contribution is -2.42. The normalized spacial score (nSPS) is 18.0. The van der Waals surface area contributed by atoms with E-state index in [-0.39, 0.29) is 0 Å². The van der Waals surface area contributed by atoms with Gasteiger partial charge in [0.05, 0.1) is 0 Å². The van der Waals surface area contributed by atoms with Gasteiger partial charge in [0, 0.05) is 19.1 Å². The number of hydrogen-bond acceptors (Lipinski definition) is 2. The van der Waals surface area contributed by atoms with Crippen LogP contribution in [0, 0.1) is 5.92 Å². The smallest absolute Gasteiger partial charge is 0.0192 e. The van der Waals surface area contributed by atoms with Crippen molar-refractivity contribution in [1.29, 1.82) is 0 Å². The summed E-state index contributed by atoms with van der Waals surface area (Å²) in [5, 5.41) is 3.66. The summed E-state index contributed by atoms with van der Waals surface area (Å²) in [4.78, 5) is 2.68. The maximum Gasteiger partial charge on any atom is 0.0192 e. The van der Waals surface area contributed by atoms with Crippen LogP contribution in [0.2, 0.25) is 0 Å². The summed E-state index contributed by atoms with van der Waals surface area (Å²) in [6, 6.07) is 0.699. The summed E-state index contributed by atoms with van der Waals surface area (Å²) < 4.78 is 0. The number of nitrogens with zero attached hydrogens (tertiary/aromatic N) is 1. The molecule has 2 heteroatoms. The minimum atomic E-state index is 0.699. The summed E-state index contributed by atoms with van der Waals surface area (Å²) in [6.07, 6.45) is 6.73. The third-order valence-electron chi connectivity index (χ3n) is 3.41. The summed E-state index contributed by atoms with van der Waals surface area (Å²) in [5.74, 6) is 1.02. The van der Waals surface area contributed by atoms with E-state index < -0.39 is 0 Å². The van der Waals surface area contributed by atoms with Gasteiger partial charge in [-0.3, -0.25) is 0 Å². The van der Waals surface area contributed by atoms with Crippen LogP contribution in [0.25, 0.3) is 0 Å². The van der Waals surface area contributed by atoms with Crippen molar-refractivity contribution in [1.82, 2.24) is 10.2 Å². The molecule has 0 bridgehead atoms. The van der Waals surface area contributed by atoms with E-state index in [1.807, 2.05) is 0 Å². The van der Waals surface area contributed by atoms with Gasteiger partial charge in [-0.25, -0.2) is 0 Å². The van der Waals surface area contributed by atoms with Crippen LogP contribution in [0.3, 0.4) is 0 Å². The van der Waals surface area contributed by atoms with Crippen LogP contribution < -0.4 is 5.32 Å². The lowest BCUT2D eigenvalue weighted by molar-refractivity contribution is 0.230. The number of rotatable bonds is 10. The van der Waals surface area contributed by atoms with E-state index in [1.54, 1.807) is 0 Å². The van der Waals surface area contributed by atoms with Gasteiger partial charge in [-0.1, -0.05) is 20.8 Å². The van der Waals surface area contributed by atoms with Gasteiger partial charge in [0.15, 0.2) is 0 Å². The van der Waals surface area contributed by atoms with Gasteiger partial charge < -0.3 is 10.2 Å². The Balaban J connectivity index is 2.24. The van der Waals surface area contributed by atoms with E-state index in [1.165, 1.54) is 58.3 Å². The lowest BCUT2D eigenvalue weighted by Gasteiger charge is -2.27. The largest absolute Gasteiger partial charge is 0.313 e. The zero-order valence-corrected chi connectivity index (χ0v) is 11.5. The summed E-state index contributed by atoms with van der Waals surface area (Å²) >= 11 is 0. The minimum Gasteiger partial charge on any atom is -0.313 e. The average Bonchev–Trinajstić information content (AvgIpc) is 3.08. The van der Waals surface area contributed by atoms with Gasteiger partial charge in [0.25, 0.3) is 0 Å². The second-order valence-corrected chi connectivity index (χ2v) is 5.26. The summed E-state index contributed by atoms with van der Waals surface area (Å²) in [7, 11) is 0. The van der Waals surface area contributed by atoms with Crippen molar-refractivity contribution in [3.05, 3.63) is 0 Å². The second kappa shape index (κ2) is 8.08. The molecule has 1 unspecified atom stereocenters. The Morgan fingerprint density at radius 3 is 2.44 bits per heavy atom. The maximum absolute atomic E-state index is 3.66. The minimum absolute atomic E-state index is 0.699. The molecule has 0 spiro atoms. The van der Waals surface area contributed by atoms with Gasteiger partial charge >= 0.3 is 0 Å². The highest BCUT2D eigenvalue weighted by molar-refractivity contribution is 4.79. The predicted octanol–water partition coefficient (Wildman–Crippen LogP) is 2.89. The number of nitrogens with one attached hydrogen (secondary N) is 1. The van der Waals surface area contributed by atoms with Gasteiger partial charge in [-0.15, -0.1) is 0 Å². The fraction of sp³-hybridized carbons (Fsp3) is 1.00. The Hall–Kier alpha value is -0.0800. The van der Waals surface area contributed by atoms with E-state index in [0.29, 0.717) is 6.04 Å². The first-order valence-corrected chi connectivity index (χ1v) is 7.25. The topological polar surface area (TPSA) is 15.3 Å². The standard InChI is InChI=1S/C14H30N2/c1-4-9-15-14(6-3)12-16(10-5-2)11-13-7-8-13/h13-15H,4-12H2,1-3H3. The first-order valence-electron chi connectivity index (χ1n) is 7.25. The molecule has 0 radical (unpaired) electrons. The third-order valence-corrected chi connectivity index (χ3v) is 3.41. The Kier molecular flexibility index (Phi) is 7.06. The van der Waals surface area contributed by atoms with Crippen LogP contribution in [0.15, 0.2) is 0 Å². The lowest BCUT2D eigenvalue weighted by atomic mass is 10.2. The molecule has 1 fully saturated rings. The molecule has 0 aromatic heterocycles. The first kappa shape index (κ1) is 14.0. The van der Waals surface area contributed by atoms with E-state index in [4.69, 9.17) is 0 Å². The van der Waals surface area contributed by atoms with E-state index >= 15 is 0 Å². The van der Waals surface area contributed by atoms with Crippen molar-refractivity contribution in [2.75, 3.05) is 26.2 Å². The first-order chi connectivity index (χ1) is 7.80. The molecule has 96 valence electrons. The Morgan fingerprint density at radius 2 is 1.94 bits per heavy atom. The van der Waals surface area contributed by atoms with Crippen molar-refractivity contribution in [3.63, 3.8) is 0 Å². The average molecular weight is 226 g/mol. The molecule has 1 aliphatic carbocycles. The molecule has 0 aromatic rings.